The van der Waals surface area contributed by atoms with Gasteiger partial charge in [0.25, 0.3) is 10.0 Å². The number of rotatable bonds is 6. The van der Waals surface area contributed by atoms with Crippen LogP contribution in [0.25, 0.3) is 0 Å². The first-order valence-corrected chi connectivity index (χ1v) is 13.7. The fourth-order valence-electron chi connectivity index (χ4n) is 3.88. The number of sulfonamides is 1. The maximum atomic E-state index is 12.5. The molecule has 0 spiro atoms. The molecule has 0 saturated carbocycles. The van der Waals surface area contributed by atoms with Gasteiger partial charge in [0.05, 0.1) is 11.9 Å². The summed E-state index contributed by atoms with van der Waals surface area (Å²) < 4.78 is 59.3. The minimum atomic E-state index is -5.08. The number of aliphatic carboxylic acids is 1. The van der Waals surface area contributed by atoms with Crippen LogP contribution in [0.3, 0.4) is 0 Å². The standard InChI is InChI=1S/C22H24N4O4S2.C2HF3O2/c1-15-5-3-6-18(11-15)26-9-8-25(14-16(26)2)21-19(22(27)28)12-17(13-23-21)24-32(29,30)20-7-4-10-31-20;3-2(4,5)1(6)7/h3-7,10-13,16,24H,8-9,14H2,1-2H3,(H,27,28);(H,6,7). The van der Waals surface area contributed by atoms with E-state index in [1.54, 1.807) is 11.4 Å². The first kappa shape index (κ1) is 29.7. The number of benzene rings is 1. The van der Waals surface area contributed by atoms with Gasteiger partial charge in [-0.3, -0.25) is 4.72 Å². The molecule has 10 nitrogen and oxygen atoms in total. The zero-order chi connectivity index (χ0) is 29.0. The third-order valence-corrected chi connectivity index (χ3v) is 8.39. The molecule has 2 aromatic heterocycles. The lowest BCUT2D eigenvalue weighted by molar-refractivity contribution is -0.192. The normalized spacial score (nSPS) is 15.8. The van der Waals surface area contributed by atoms with Crippen molar-refractivity contribution < 1.29 is 41.4 Å². The molecule has 1 aliphatic heterocycles. The van der Waals surface area contributed by atoms with Gasteiger partial charge in [0, 0.05) is 31.4 Å². The second-order valence-electron chi connectivity index (χ2n) is 8.57. The minimum Gasteiger partial charge on any atom is -0.478 e. The number of aryl methyl sites for hydroxylation is 1. The summed E-state index contributed by atoms with van der Waals surface area (Å²) >= 11 is 1.08. The van der Waals surface area contributed by atoms with Crippen LogP contribution in [0.2, 0.25) is 0 Å². The van der Waals surface area contributed by atoms with Crippen LogP contribution in [-0.2, 0) is 14.8 Å². The molecule has 1 aromatic carbocycles. The molecule has 39 heavy (non-hydrogen) atoms. The van der Waals surface area contributed by atoms with Gasteiger partial charge in [0.15, 0.2) is 0 Å². The van der Waals surface area contributed by atoms with Crippen molar-refractivity contribution in [3.05, 3.63) is 65.2 Å². The molecule has 1 fully saturated rings. The van der Waals surface area contributed by atoms with Gasteiger partial charge >= 0.3 is 18.1 Å². The number of piperazine rings is 1. The number of nitrogens with zero attached hydrogens (tertiary/aromatic N) is 3. The highest BCUT2D eigenvalue weighted by Gasteiger charge is 2.38. The molecule has 0 bridgehead atoms. The second kappa shape index (κ2) is 11.9. The smallest absolute Gasteiger partial charge is 0.478 e. The molecule has 1 atom stereocenters. The summed E-state index contributed by atoms with van der Waals surface area (Å²) in [4.78, 5) is 29.4. The van der Waals surface area contributed by atoms with Gasteiger partial charge in [-0.05, 0) is 49.1 Å². The summed E-state index contributed by atoms with van der Waals surface area (Å²) in [6.45, 7) is 6.08. The number of aromatic nitrogens is 1. The zero-order valence-electron chi connectivity index (χ0n) is 20.7. The summed E-state index contributed by atoms with van der Waals surface area (Å²) in [5.41, 5.74) is 2.41. The number of nitrogens with one attached hydrogen (secondary N) is 1. The number of hydrogen-bond donors (Lipinski definition) is 3. The monoisotopic (exact) mass is 586 g/mol. The number of alkyl halides is 3. The van der Waals surface area contributed by atoms with Crippen LogP contribution in [0.5, 0.6) is 0 Å². The van der Waals surface area contributed by atoms with Crippen molar-refractivity contribution in [2.24, 2.45) is 0 Å². The van der Waals surface area contributed by atoms with E-state index in [0.29, 0.717) is 18.9 Å². The van der Waals surface area contributed by atoms with Crippen molar-refractivity contribution in [1.82, 2.24) is 4.98 Å². The highest BCUT2D eigenvalue weighted by Crippen LogP contribution is 2.28. The molecule has 3 aromatic rings. The summed E-state index contributed by atoms with van der Waals surface area (Å²) in [5, 5.41) is 18.6. The molecular formula is C24H25F3N4O6S2. The molecular weight excluding hydrogens is 561 g/mol. The van der Waals surface area contributed by atoms with Crippen molar-refractivity contribution in [3.63, 3.8) is 0 Å². The van der Waals surface area contributed by atoms with E-state index in [9.17, 15) is 31.5 Å². The second-order valence-corrected chi connectivity index (χ2v) is 11.4. The van der Waals surface area contributed by atoms with E-state index in [2.05, 4.69) is 46.7 Å². The first-order valence-electron chi connectivity index (χ1n) is 11.4. The van der Waals surface area contributed by atoms with Gasteiger partial charge in [0.1, 0.15) is 15.6 Å². The van der Waals surface area contributed by atoms with Gasteiger partial charge in [-0.2, -0.15) is 13.2 Å². The van der Waals surface area contributed by atoms with Crippen LogP contribution in [0.4, 0.5) is 30.4 Å². The van der Waals surface area contributed by atoms with E-state index in [4.69, 9.17) is 9.90 Å². The molecule has 0 amide bonds. The lowest BCUT2D eigenvalue weighted by Gasteiger charge is -2.42. The van der Waals surface area contributed by atoms with Gasteiger partial charge in [-0.15, -0.1) is 11.3 Å². The predicted octanol–water partition coefficient (Wildman–Crippen LogP) is 4.30. The Labute approximate surface area is 226 Å². The lowest BCUT2D eigenvalue weighted by atomic mass is 10.1. The molecule has 15 heteroatoms. The van der Waals surface area contributed by atoms with Crippen LogP contribution in [0.15, 0.2) is 58.3 Å². The van der Waals surface area contributed by atoms with Crippen LogP contribution < -0.4 is 14.5 Å². The summed E-state index contributed by atoms with van der Waals surface area (Å²) in [5.74, 6) is -3.57. The van der Waals surface area contributed by atoms with Gasteiger partial charge < -0.3 is 20.0 Å². The van der Waals surface area contributed by atoms with Gasteiger partial charge in [-0.25, -0.2) is 23.0 Å². The van der Waals surface area contributed by atoms with Crippen molar-refractivity contribution in [3.8, 4) is 0 Å². The maximum absolute atomic E-state index is 12.5. The topological polar surface area (TPSA) is 140 Å². The lowest BCUT2D eigenvalue weighted by Crippen LogP contribution is -2.52. The minimum absolute atomic E-state index is 0.0346. The Hall–Kier alpha value is -3.85. The number of halogens is 3. The Kier molecular flexibility index (Phi) is 9.07. The molecule has 3 heterocycles. The molecule has 4 rings (SSSR count). The predicted molar refractivity (Wildman–Crippen MR) is 140 cm³/mol. The quantitative estimate of drug-likeness (QED) is 0.386. The van der Waals surface area contributed by atoms with Crippen LogP contribution in [0, 0.1) is 6.92 Å². The summed E-state index contributed by atoms with van der Waals surface area (Å²) in [6, 6.07) is 12.9. The Bertz CT molecular complexity index is 1430. The maximum Gasteiger partial charge on any atom is 0.490 e. The Morgan fingerprint density at radius 1 is 1.13 bits per heavy atom. The number of pyridine rings is 1. The molecule has 1 aliphatic rings. The largest absolute Gasteiger partial charge is 0.490 e. The van der Waals surface area contributed by atoms with Gasteiger partial charge in [0.2, 0.25) is 0 Å². The summed E-state index contributed by atoms with van der Waals surface area (Å²) in [7, 11) is -3.79. The highest BCUT2D eigenvalue weighted by atomic mass is 32.2. The number of aromatic carboxylic acids is 1. The number of hydrogen-bond acceptors (Lipinski definition) is 8. The highest BCUT2D eigenvalue weighted by molar-refractivity contribution is 7.94. The third kappa shape index (κ3) is 7.60. The molecule has 1 unspecified atom stereocenters. The van der Waals surface area contributed by atoms with E-state index in [-0.39, 0.29) is 21.5 Å². The number of anilines is 3. The SMILES string of the molecule is Cc1cccc(N2CCN(c3ncc(NS(=O)(=O)c4cccs4)cc3C(=O)O)CC2C)c1.O=C(O)C(F)(F)F. The Morgan fingerprint density at radius 2 is 1.82 bits per heavy atom. The van der Waals surface area contributed by atoms with Crippen LogP contribution >= 0.6 is 11.3 Å². The first-order chi connectivity index (χ1) is 18.2. The number of thiophene rings is 1. The van der Waals surface area contributed by atoms with E-state index in [0.717, 1.165) is 23.6 Å². The Morgan fingerprint density at radius 3 is 2.36 bits per heavy atom. The van der Waals surface area contributed by atoms with Crippen molar-refractivity contribution >= 4 is 50.5 Å². The number of carboxylic acids is 2. The van der Waals surface area contributed by atoms with E-state index >= 15 is 0 Å². The van der Waals surface area contributed by atoms with Gasteiger partial charge in [-0.1, -0.05) is 18.2 Å². The average molecular weight is 587 g/mol. The molecule has 0 radical (unpaired) electrons. The van der Waals surface area contributed by atoms with E-state index in [1.165, 1.54) is 23.9 Å². The van der Waals surface area contributed by atoms with E-state index in [1.807, 2.05) is 11.0 Å². The molecule has 0 aliphatic carbocycles. The third-order valence-electron chi connectivity index (χ3n) is 5.61. The molecule has 210 valence electrons. The summed E-state index contributed by atoms with van der Waals surface area (Å²) in [6.07, 6.45) is -3.72. The number of carbonyl (C=O) groups is 2. The van der Waals surface area contributed by atoms with Crippen LogP contribution in [0.1, 0.15) is 22.8 Å². The fourth-order valence-corrected chi connectivity index (χ4v) is 5.91. The van der Waals surface area contributed by atoms with Crippen molar-refractivity contribution in [2.45, 2.75) is 30.3 Å². The van der Waals surface area contributed by atoms with Crippen molar-refractivity contribution in [2.75, 3.05) is 34.2 Å². The molecule has 3 N–H and O–H groups in total. The van der Waals surface area contributed by atoms with E-state index < -0.39 is 28.1 Å². The van der Waals surface area contributed by atoms with Crippen molar-refractivity contribution in [1.29, 1.82) is 0 Å². The Balaban J connectivity index is 0.000000532. The van der Waals surface area contributed by atoms with Crippen LogP contribution in [-0.4, -0.2) is 67.4 Å². The number of carboxylic acid groups (broad SMARTS) is 2. The zero-order valence-corrected chi connectivity index (χ0v) is 22.3. The molecule has 1 saturated heterocycles. The fraction of sp³-hybridized carbons (Fsp3) is 0.292. The average Bonchev–Trinajstić information content (AvgIpc) is 3.40.